The second kappa shape index (κ2) is 5.44. The molecule has 0 amide bonds. The maximum atomic E-state index is 13.9. The summed E-state index contributed by atoms with van der Waals surface area (Å²) in [7, 11) is 1.60. The highest BCUT2D eigenvalue weighted by Gasteiger charge is 2.09. The van der Waals surface area contributed by atoms with Crippen LogP contribution in [0, 0.1) is 5.82 Å². The standard InChI is InChI=1S/C13H14FN3O/c1-3-11-12(14)13(16-8-15-11)17-9-4-6-10(18-2)7-5-9/h4-8H,3H2,1-2H3,(H,15,16,17). The Morgan fingerprint density at radius 1 is 1.22 bits per heavy atom. The van der Waals surface area contributed by atoms with Crippen molar-refractivity contribution in [1.29, 1.82) is 0 Å². The van der Waals surface area contributed by atoms with Gasteiger partial charge in [-0.15, -0.1) is 0 Å². The lowest BCUT2D eigenvalue weighted by Gasteiger charge is -2.08. The van der Waals surface area contributed by atoms with Gasteiger partial charge in [0.25, 0.3) is 0 Å². The molecule has 0 unspecified atom stereocenters. The van der Waals surface area contributed by atoms with Crippen molar-refractivity contribution in [3.63, 3.8) is 0 Å². The van der Waals surface area contributed by atoms with E-state index < -0.39 is 5.82 Å². The van der Waals surface area contributed by atoms with E-state index in [1.807, 2.05) is 6.92 Å². The Morgan fingerprint density at radius 3 is 2.56 bits per heavy atom. The maximum Gasteiger partial charge on any atom is 0.187 e. The average molecular weight is 247 g/mol. The fourth-order valence-corrected chi connectivity index (χ4v) is 1.55. The second-order valence-corrected chi connectivity index (χ2v) is 3.69. The third-order valence-corrected chi connectivity index (χ3v) is 2.55. The Labute approximate surface area is 105 Å². The molecule has 0 bridgehead atoms. The van der Waals surface area contributed by atoms with Crippen LogP contribution >= 0.6 is 0 Å². The van der Waals surface area contributed by atoms with Crippen molar-refractivity contribution >= 4 is 11.5 Å². The van der Waals surface area contributed by atoms with Gasteiger partial charge in [0.05, 0.1) is 12.8 Å². The van der Waals surface area contributed by atoms with E-state index in [1.165, 1.54) is 6.33 Å². The fourth-order valence-electron chi connectivity index (χ4n) is 1.55. The van der Waals surface area contributed by atoms with Crippen LogP contribution in [-0.2, 0) is 6.42 Å². The van der Waals surface area contributed by atoms with Crippen LogP contribution in [-0.4, -0.2) is 17.1 Å². The summed E-state index contributed by atoms with van der Waals surface area (Å²) in [5.41, 5.74) is 1.15. The van der Waals surface area contributed by atoms with Gasteiger partial charge in [-0.25, -0.2) is 14.4 Å². The molecule has 5 heteroatoms. The van der Waals surface area contributed by atoms with Gasteiger partial charge in [-0.3, -0.25) is 0 Å². The van der Waals surface area contributed by atoms with Gasteiger partial charge in [0.1, 0.15) is 12.1 Å². The molecule has 0 saturated heterocycles. The molecule has 0 saturated carbocycles. The zero-order valence-corrected chi connectivity index (χ0v) is 10.3. The number of rotatable bonds is 4. The molecule has 18 heavy (non-hydrogen) atoms. The lowest BCUT2D eigenvalue weighted by atomic mass is 10.2. The summed E-state index contributed by atoms with van der Waals surface area (Å²) in [4.78, 5) is 7.78. The van der Waals surface area contributed by atoms with Crippen molar-refractivity contribution < 1.29 is 9.13 Å². The molecule has 1 aromatic carbocycles. The lowest BCUT2D eigenvalue weighted by molar-refractivity contribution is 0.415. The van der Waals surface area contributed by atoms with Crippen molar-refractivity contribution in [1.82, 2.24) is 9.97 Å². The summed E-state index contributed by atoms with van der Waals surface area (Å²) in [5.74, 6) is 0.529. The molecule has 2 rings (SSSR count). The van der Waals surface area contributed by atoms with E-state index in [-0.39, 0.29) is 5.82 Å². The summed E-state index contributed by atoms with van der Waals surface area (Å²) in [6, 6.07) is 7.18. The summed E-state index contributed by atoms with van der Waals surface area (Å²) < 4.78 is 18.9. The number of aromatic nitrogens is 2. The number of hydrogen-bond acceptors (Lipinski definition) is 4. The Kier molecular flexibility index (Phi) is 3.72. The first-order chi connectivity index (χ1) is 8.74. The summed E-state index contributed by atoms with van der Waals surface area (Å²) >= 11 is 0. The predicted molar refractivity (Wildman–Crippen MR) is 67.6 cm³/mol. The van der Waals surface area contributed by atoms with Gasteiger partial charge >= 0.3 is 0 Å². The first-order valence-corrected chi connectivity index (χ1v) is 5.65. The minimum atomic E-state index is -0.407. The smallest absolute Gasteiger partial charge is 0.187 e. The molecule has 0 fully saturated rings. The third-order valence-electron chi connectivity index (χ3n) is 2.55. The van der Waals surface area contributed by atoms with E-state index in [1.54, 1.807) is 31.4 Å². The predicted octanol–water partition coefficient (Wildman–Crippen LogP) is 2.93. The molecule has 1 N–H and O–H groups in total. The number of methoxy groups -OCH3 is 1. The van der Waals surface area contributed by atoms with Gasteiger partial charge in [0.15, 0.2) is 11.6 Å². The Morgan fingerprint density at radius 2 is 1.94 bits per heavy atom. The fraction of sp³-hybridized carbons (Fsp3) is 0.231. The van der Waals surface area contributed by atoms with Gasteiger partial charge in [-0.05, 0) is 30.7 Å². The number of nitrogens with one attached hydrogen (secondary N) is 1. The van der Waals surface area contributed by atoms with Crippen LogP contribution < -0.4 is 10.1 Å². The van der Waals surface area contributed by atoms with Crippen LogP contribution in [0.3, 0.4) is 0 Å². The summed E-state index contributed by atoms with van der Waals surface area (Å²) in [5, 5.41) is 2.92. The number of hydrogen-bond donors (Lipinski definition) is 1. The molecule has 4 nitrogen and oxygen atoms in total. The molecule has 1 heterocycles. The Balaban J connectivity index is 2.22. The van der Waals surface area contributed by atoms with E-state index >= 15 is 0 Å². The molecule has 94 valence electrons. The molecular formula is C13H14FN3O. The maximum absolute atomic E-state index is 13.9. The zero-order valence-electron chi connectivity index (χ0n) is 10.3. The number of nitrogens with zero attached hydrogens (tertiary/aromatic N) is 2. The molecule has 2 aromatic rings. The molecule has 0 spiro atoms. The van der Waals surface area contributed by atoms with Crippen molar-refractivity contribution in [2.75, 3.05) is 12.4 Å². The van der Waals surface area contributed by atoms with Crippen molar-refractivity contribution in [3.8, 4) is 5.75 Å². The van der Waals surface area contributed by atoms with E-state index in [0.717, 1.165) is 11.4 Å². The van der Waals surface area contributed by atoms with Gasteiger partial charge in [-0.1, -0.05) is 6.92 Å². The van der Waals surface area contributed by atoms with E-state index in [4.69, 9.17) is 4.74 Å². The SMILES string of the molecule is CCc1ncnc(Nc2ccc(OC)cc2)c1F. The normalized spacial score (nSPS) is 10.2. The quantitative estimate of drug-likeness (QED) is 0.902. The largest absolute Gasteiger partial charge is 0.497 e. The van der Waals surface area contributed by atoms with Crippen LogP contribution in [0.15, 0.2) is 30.6 Å². The monoisotopic (exact) mass is 247 g/mol. The van der Waals surface area contributed by atoms with E-state index in [9.17, 15) is 4.39 Å². The number of ether oxygens (including phenoxy) is 1. The van der Waals surface area contributed by atoms with Crippen molar-refractivity contribution in [3.05, 3.63) is 42.1 Å². The van der Waals surface area contributed by atoms with Crippen LogP contribution in [0.2, 0.25) is 0 Å². The second-order valence-electron chi connectivity index (χ2n) is 3.69. The van der Waals surface area contributed by atoms with Crippen molar-refractivity contribution in [2.24, 2.45) is 0 Å². The zero-order chi connectivity index (χ0) is 13.0. The van der Waals surface area contributed by atoms with Gasteiger partial charge in [0.2, 0.25) is 0 Å². The lowest BCUT2D eigenvalue weighted by Crippen LogP contribution is -2.02. The molecule has 0 atom stereocenters. The average Bonchev–Trinajstić information content (AvgIpc) is 2.42. The minimum absolute atomic E-state index is 0.187. The minimum Gasteiger partial charge on any atom is -0.497 e. The molecule has 0 aliphatic heterocycles. The summed E-state index contributed by atoms with van der Waals surface area (Å²) in [6.45, 7) is 1.85. The number of aryl methyl sites for hydroxylation is 1. The van der Waals surface area contributed by atoms with Gasteiger partial charge in [0, 0.05) is 5.69 Å². The van der Waals surface area contributed by atoms with Crippen LogP contribution in [0.1, 0.15) is 12.6 Å². The number of halogens is 1. The van der Waals surface area contributed by atoms with Gasteiger partial charge in [-0.2, -0.15) is 0 Å². The number of benzene rings is 1. The van der Waals surface area contributed by atoms with E-state index in [2.05, 4.69) is 15.3 Å². The van der Waals surface area contributed by atoms with Crippen molar-refractivity contribution in [2.45, 2.75) is 13.3 Å². The van der Waals surface area contributed by atoms with Crippen LogP contribution in [0.5, 0.6) is 5.75 Å². The third kappa shape index (κ3) is 2.56. The van der Waals surface area contributed by atoms with Crippen LogP contribution in [0.25, 0.3) is 0 Å². The first kappa shape index (κ1) is 12.3. The highest BCUT2D eigenvalue weighted by Crippen LogP contribution is 2.21. The Bertz CT molecular complexity index is 528. The molecule has 0 radical (unpaired) electrons. The highest BCUT2D eigenvalue weighted by atomic mass is 19.1. The van der Waals surface area contributed by atoms with E-state index in [0.29, 0.717) is 12.1 Å². The van der Waals surface area contributed by atoms with Crippen LogP contribution in [0.4, 0.5) is 15.9 Å². The summed E-state index contributed by atoms with van der Waals surface area (Å²) in [6.07, 6.45) is 1.89. The molecule has 0 aliphatic carbocycles. The number of anilines is 2. The molecule has 0 aliphatic rings. The highest BCUT2D eigenvalue weighted by molar-refractivity contribution is 5.57. The van der Waals surface area contributed by atoms with Gasteiger partial charge < -0.3 is 10.1 Å². The Hall–Kier alpha value is -2.17. The molecular weight excluding hydrogens is 233 g/mol. The first-order valence-electron chi connectivity index (χ1n) is 5.65. The topological polar surface area (TPSA) is 47.0 Å². The molecule has 1 aromatic heterocycles.